The molecule has 0 aliphatic carbocycles. The third-order valence-corrected chi connectivity index (χ3v) is 3.32. The van der Waals surface area contributed by atoms with Crippen molar-refractivity contribution in [1.29, 1.82) is 0 Å². The van der Waals surface area contributed by atoms with Crippen molar-refractivity contribution in [1.82, 2.24) is 4.57 Å². The maximum absolute atomic E-state index is 12.4. The fraction of sp³-hybridized carbons (Fsp3) is 0.214. The monoisotopic (exact) mass is 306 g/mol. The predicted molar refractivity (Wildman–Crippen MR) is 77.0 cm³/mol. The lowest BCUT2D eigenvalue weighted by molar-refractivity contribution is 0.0985. The van der Waals surface area contributed by atoms with Crippen molar-refractivity contribution < 1.29 is 4.79 Å². The molecule has 1 aromatic heterocycles. The van der Waals surface area contributed by atoms with Crippen LogP contribution in [0.3, 0.4) is 0 Å². The summed E-state index contributed by atoms with van der Waals surface area (Å²) < 4.78 is 2.73. The predicted octanol–water partition coefficient (Wildman–Crippen LogP) is 3.37. The molecule has 4 heteroatoms. The van der Waals surface area contributed by atoms with Crippen LogP contribution in [0.1, 0.15) is 16.1 Å². The number of carbonyl (C=O) groups is 1. The van der Waals surface area contributed by atoms with Gasteiger partial charge in [-0.15, -0.1) is 0 Å². The number of aromatic nitrogens is 1. The summed E-state index contributed by atoms with van der Waals surface area (Å²) in [5.41, 5.74) is 2.70. The zero-order valence-electron chi connectivity index (χ0n) is 10.6. The lowest BCUT2D eigenvalue weighted by Gasteiger charge is -2.18. The quantitative estimate of drug-likeness (QED) is 0.835. The van der Waals surface area contributed by atoms with Gasteiger partial charge in [0.2, 0.25) is 0 Å². The molecule has 1 aromatic carbocycles. The first-order valence-electron chi connectivity index (χ1n) is 5.65. The lowest BCUT2D eigenvalue weighted by atomic mass is 10.2. The molecule has 0 saturated carbocycles. The standard InChI is InChI=1S/C14H15BrN2O/c1-10-5-4-6-12(7-10)17(3)14(18)13-8-11(15)9-16(13)2/h4-9H,1-3H3. The molecular formula is C14H15BrN2O. The number of anilines is 1. The maximum atomic E-state index is 12.4. The number of rotatable bonds is 2. The molecule has 1 heterocycles. The first kappa shape index (κ1) is 12.9. The Morgan fingerprint density at radius 2 is 2.06 bits per heavy atom. The molecule has 0 unspecified atom stereocenters. The molecule has 2 aromatic rings. The summed E-state index contributed by atoms with van der Waals surface area (Å²) in [4.78, 5) is 14.0. The molecule has 18 heavy (non-hydrogen) atoms. The van der Waals surface area contributed by atoms with E-state index in [1.165, 1.54) is 0 Å². The van der Waals surface area contributed by atoms with Gasteiger partial charge in [-0.3, -0.25) is 4.79 Å². The summed E-state index contributed by atoms with van der Waals surface area (Å²) in [7, 11) is 3.65. The molecule has 0 aliphatic heterocycles. The summed E-state index contributed by atoms with van der Waals surface area (Å²) >= 11 is 3.38. The summed E-state index contributed by atoms with van der Waals surface area (Å²) in [6.07, 6.45) is 1.87. The Bertz CT molecular complexity index is 589. The first-order valence-corrected chi connectivity index (χ1v) is 6.45. The van der Waals surface area contributed by atoms with Gasteiger partial charge in [-0.1, -0.05) is 12.1 Å². The number of carbonyl (C=O) groups excluding carboxylic acids is 1. The average molecular weight is 307 g/mol. The summed E-state index contributed by atoms with van der Waals surface area (Å²) in [6, 6.07) is 9.73. The van der Waals surface area contributed by atoms with Gasteiger partial charge in [0, 0.05) is 30.5 Å². The van der Waals surface area contributed by atoms with Gasteiger partial charge in [0.25, 0.3) is 5.91 Å². The number of amides is 1. The van der Waals surface area contributed by atoms with Gasteiger partial charge < -0.3 is 9.47 Å². The van der Waals surface area contributed by atoms with Gasteiger partial charge >= 0.3 is 0 Å². The number of halogens is 1. The summed E-state index contributed by atoms with van der Waals surface area (Å²) in [5, 5.41) is 0. The molecule has 0 saturated heterocycles. The average Bonchev–Trinajstić information content (AvgIpc) is 2.66. The van der Waals surface area contributed by atoms with E-state index < -0.39 is 0 Å². The van der Waals surface area contributed by atoms with Crippen LogP contribution >= 0.6 is 15.9 Å². The highest BCUT2D eigenvalue weighted by Gasteiger charge is 2.17. The van der Waals surface area contributed by atoms with Crippen molar-refractivity contribution in [3.63, 3.8) is 0 Å². The zero-order valence-corrected chi connectivity index (χ0v) is 12.2. The van der Waals surface area contributed by atoms with E-state index in [2.05, 4.69) is 15.9 Å². The Morgan fingerprint density at radius 3 is 2.61 bits per heavy atom. The molecule has 2 rings (SSSR count). The SMILES string of the molecule is Cc1cccc(N(C)C(=O)c2cc(Br)cn2C)c1. The minimum atomic E-state index is -0.0196. The van der Waals surface area contributed by atoms with Crippen molar-refractivity contribution >= 4 is 27.5 Å². The van der Waals surface area contributed by atoms with E-state index in [9.17, 15) is 4.79 Å². The van der Waals surface area contributed by atoms with Crippen molar-refractivity contribution in [3.05, 3.63) is 52.3 Å². The molecule has 1 amide bonds. The van der Waals surface area contributed by atoms with Crippen molar-refractivity contribution in [2.75, 3.05) is 11.9 Å². The molecule has 0 fully saturated rings. The number of hydrogen-bond donors (Lipinski definition) is 0. The Kier molecular flexibility index (Phi) is 3.57. The molecule has 3 nitrogen and oxygen atoms in total. The highest BCUT2D eigenvalue weighted by atomic mass is 79.9. The fourth-order valence-electron chi connectivity index (χ4n) is 1.86. The van der Waals surface area contributed by atoms with E-state index in [1.807, 2.05) is 55.1 Å². The number of nitrogens with zero attached hydrogens (tertiary/aromatic N) is 2. The Hall–Kier alpha value is -1.55. The van der Waals surface area contributed by atoms with Gasteiger partial charge in [-0.05, 0) is 46.6 Å². The Morgan fingerprint density at radius 1 is 1.33 bits per heavy atom. The van der Waals surface area contributed by atoms with Gasteiger partial charge in [0.1, 0.15) is 5.69 Å². The third kappa shape index (κ3) is 2.48. The first-order chi connectivity index (χ1) is 8.49. The second-order valence-electron chi connectivity index (χ2n) is 4.36. The summed E-state index contributed by atoms with van der Waals surface area (Å²) in [5.74, 6) is -0.0196. The van der Waals surface area contributed by atoms with Gasteiger partial charge in [0.05, 0.1) is 0 Å². The normalized spacial score (nSPS) is 10.4. The third-order valence-electron chi connectivity index (χ3n) is 2.88. The molecule has 0 spiro atoms. The molecule has 0 aliphatic rings. The lowest BCUT2D eigenvalue weighted by Crippen LogP contribution is -2.27. The van der Waals surface area contributed by atoms with Crippen LogP contribution in [0.4, 0.5) is 5.69 Å². The van der Waals surface area contributed by atoms with Crippen LogP contribution in [0, 0.1) is 6.92 Å². The topological polar surface area (TPSA) is 25.2 Å². The van der Waals surface area contributed by atoms with Crippen molar-refractivity contribution in [3.8, 4) is 0 Å². The minimum Gasteiger partial charge on any atom is -0.345 e. The zero-order chi connectivity index (χ0) is 13.3. The Labute approximate surface area is 115 Å². The van der Waals surface area contributed by atoms with Crippen molar-refractivity contribution in [2.24, 2.45) is 7.05 Å². The molecular weight excluding hydrogens is 292 g/mol. The second-order valence-corrected chi connectivity index (χ2v) is 5.27. The molecule has 0 N–H and O–H groups in total. The molecule has 0 bridgehead atoms. The van der Waals surface area contributed by atoms with Crippen LogP contribution in [-0.2, 0) is 7.05 Å². The van der Waals surface area contributed by atoms with E-state index in [-0.39, 0.29) is 5.91 Å². The number of benzene rings is 1. The van der Waals surface area contributed by atoms with Crippen LogP contribution in [0.5, 0.6) is 0 Å². The molecule has 94 valence electrons. The van der Waals surface area contributed by atoms with Crippen LogP contribution in [0.2, 0.25) is 0 Å². The number of aryl methyl sites for hydroxylation is 2. The highest BCUT2D eigenvalue weighted by molar-refractivity contribution is 9.10. The van der Waals surface area contributed by atoms with Gasteiger partial charge in [-0.2, -0.15) is 0 Å². The maximum Gasteiger partial charge on any atom is 0.274 e. The van der Waals surface area contributed by atoms with E-state index >= 15 is 0 Å². The van der Waals surface area contributed by atoms with Gasteiger partial charge in [-0.25, -0.2) is 0 Å². The van der Waals surface area contributed by atoms with E-state index in [4.69, 9.17) is 0 Å². The number of hydrogen-bond acceptors (Lipinski definition) is 1. The van der Waals surface area contributed by atoms with E-state index in [1.54, 1.807) is 11.9 Å². The Balaban J connectivity index is 2.32. The van der Waals surface area contributed by atoms with Crippen molar-refractivity contribution in [2.45, 2.75) is 6.92 Å². The summed E-state index contributed by atoms with van der Waals surface area (Å²) in [6.45, 7) is 2.01. The van der Waals surface area contributed by atoms with E-state index in [0.717, 1.165) is 15.7 Å². The van der Waals surface area contributed by atoms with Gasteiger partial charge in [0.15, 0.2) is 0 Å². The minimum absolute atomic E-state index is 0.0196. The molecule has 0 radical (unpaired) electrons. The molecule has 0 atom stereocenters. The highest BCUT2D eigenvalue weighted by Crippen LogP contribution is 2.19. The smallest absolute Gasteiger partial charge is 0.274 e. The van der Waals surface area contributed by atoms with Crippen LogP contribution < -0.4 is 4.90 Å². The van der Waals surface area contributed by atoms with Crippen LogP contribution in [0.15, 0.2) is 41.0 Å². The fourth-order valence-corrected chi connectivity index (χ4v) is 2.39. The van der Waals surface area contributed by atoms with E-state index in [0.29, 0.717) is 5.69 Å². The van der Waals surface area contributed by atoms with Crippen LogP contribution in [0.25, 0.3) is 0 Å². The second kappa shape index (κ2) is 4.98. The van der Waals surface area contributed by atoms with Crippen LogP contribution in [-0.4, -0.2) is 17.5 Å². The largest absolute Gasteiger partial charge is 0.345 e.